The standard InChI is InChI=1S/C15H14N4O/c16-9-13-18-15(5-6-15)14(20)19(13)11-4-3-10-2-1-7-17-12(10)8-11/h1-4,7-8H,5-6,9,16H2/p+1. The molecule has 2 heterocycles. The molecule has 0 radical (unpaired) electrons. The average Bonchev–Trinajstić information content (AvgIpc) is 3.21. The molecule has 1 amide bonds. The van der Waals surface area contributed by atoms with Crippen molar-refractivity contribution in [1.82, 2.24) is 4.98 Å². The molecule has 2 aromatic rings. The van der Waals surface area contributed by atoms with Crippen LogP contribution in [0, 0.1) is 0 Å². The summed E-state index contributed by atoms with van der Waals surface area (Å²) in [6.45, 7) is 0.522. The van der Waals surface area contributed by atoms with Gasteiger partial charge in [-0.05, 0) is 31.0 Å². The lowest BCUT2D eigenvalue weighted by molar-refractivity contribution is -0.346. The van der Waals surface area contributed by atoms with Gasteiger partial charge >= 0.3 is 0 Å². The largest absolute Gasteiger partial charge is 0.351 e. The average molecular weight is 267 g/mol. The SMILES string of the molecule is [NH3+]CC1=NC2(CC2)C(=O)N1c1ccc2cccnc2c1. The van der Waals surface area contributed by atoms with Gasteiger partial charge in [-0.15, -0.1) is 0 Å². The fourth-order valence-electron chi connectivity index (χ4n) is 2.74. The van der Waals surface area contributed by atoms with Gasteiger partial charge < -0.3 is 5.73 Å². The summed E-state index contributed by atoms with van der Waals surface area (Å²) in [6, 6.07) is 9.81. The zero-order valence-corrected chi connectivity index (χ0v) is 11.0. The van der Waals surface area contributed by atoms with Crippen molar-refractivity contribution in [3.63, 3.8) is 0 Å². The number of aromatic nitrogens is 1. The van der Waals surface area contributed by atoms with E-state index in [1.807, 2.05) is 30.3 Å². The first-order valence-corrected chi connectivity index (χ1v) is 6.81. The summed E-state index contributed by atoms with van der Waals surface area (Å²) < 4.78 is 0. The molecule has 5 nitrogen and oxygen atoms in total. The van der Waals surface area contributed by atoms with E-state index in [1.165, 1.54) is 0 Å². The Labute approximate surface area is 116 Å². The number of hydrogen-bond acceptors (Lipinski definition) is 3. The normalized spacial score (nSPS) is 19.8. The predicted molar refractivity (Wildman–Crippen MR) is 76.4 cm³/mol. The van der Waals surface area contributed by atoms with Crippen molar-refractivity contribution in [2.45, 2.75) is 18.4 Å². The van der Waals surface area contributed by atoms with Crippen molar-refractivity contribution in [1.29, 1.82) is 0 Å². The van der Waals surface area contributed by atoms with Crippen molar-refractivity contribution in [3.8, 4) is 0 Å². The monoisotopic (exact) mass is 267 g/mol. The number of quaternary nitrogens is 1. The summed E-state index contributed by atoms with van der Waals surface area (Å²) in [6.07, 6.45) is 3.48. The minimum Gasteiger partial charge on any atom is -0.351 e. The Morgan fingerprint density at radius 3 is 2.90 bits per heavy atom. The van der Waals surface area contributed by atoms with Crippen LogP contribution >= 0.6 is 0 Å². The first-order chi connectivity index (χ1) is 9.73. The van der Waals surface area contributed by atoms with E-state index in [0.29, 0.717) is 6.54 Å². The van der Waals surface area contributed by atoms with Crippen molar-refractivity contribution in [2.75, 3.05) is 11.4 Å². The lowest BCUT2D eigenvalue weighted by Gasteiger charge is -2.18. The molecule has 1 aromatic carbocycles. The number of nitrogens with zero attached hydrogens (tertiary/aromatic N) is 3. The van der Waals surface area contributed by atoms with Crippen LogP contribution in [0.3, 0.4) is 0 Å². The van der Waals surface area contributed by atoms with Gasteiger partial charge in [0.1, 0.15) is 12.1 Å². The van der Waals surface area contributed by atoms with Crippen LogP contribution in [-0.4, -0.2) is 28.8 Å². The Morgan fingerprint density at radius 1 is 1.30 bits per heavy atom. The third-order valence-electron chi connectivity index (χ3n) is 4.00. The topological polar surface area (TPSA) is 73.2 Å². The van der Waals surface area contributed by atoms with Crippen molar-refractivity contribution >= 4 is 28.3 Å². The van der Waals surface area contributed by atoms with Gasteiger partial charge in [0.25, 0.3) is 5.91 Å². The van der Waals surface area contributed by atoms with Crippen LogP contribution in [0.15, 0.2) is 41.5 Å². The summed E-state index contributed by atoms with van der Waals surface area (Å²) in [4.78, 5) is 23.2. The maximum absolute atomic E-state index is 12.6. The molecule has 100 valence electrons. The number of anilines is 1. The summed E-state index contributed by atoms with van der Waals surface area (Å²) in [5, 5.41) is 1.07. The van der Waals surface area contributed by atoms with Crippen LogP contribution < -0.4 is 10.6 Å². The first-order valence-electron chi connectivity index (χ1n) is 6.81. The summed E-state index contributed by atoms with van der Waals surface area (Å²) in [5.41, 5.74) is 5.15. The number of amides is 1. The molecule has 1 aliphatic carbocycles. The highest BCUT2D eigenvalue weighted by atomic mass is 16.2. The second kappa shape index (κ2) is 3.86. The number of benzene rings is 1. The number of rotatable bonds is 2. The zero-order chi connectivity index (χ0) is 13.7. The molecule has 1 saturated carbocycles. The lowest BCUT2D eigenvalue weighted by atomic mass is 10.1. The molecule has 1 fully saturated rings. The maximum atomic E-state index is 12.6. The molecule has 0 atom stereocenters. The van der Waals surface area contributed by atoms with Gasteiger partial charge in [0.2, 0.25) is 0 Å². The van der Waals surface area contributed by atoms with Gasteiger partial charge in [-0.1, -0.05) is 12.1 Å². The number of hydrogen-bond donors (Lipinski definition) is 1. The molecule has 3 N–H and O–H groups in total. The predicted octanol–water partition coefficient (Wildman–Crippen LogP) is 0.754. The molecule has 2 aliphatic rings. The molecular formula is C15H15N4O+. The smallest absolute Gasteiger partial charge is 0.260 e. The fraction of sp³-hybridized carbons (Fsp3) is 0.267. The van der Waals surface area contributed by atoms with Gasteiger partial charge in [-0.25, -0.2) is 4.99 Å². The van der Waals surface area contributed by atoms with Gasteiger partial charge in [0, 0.05) is 11.6 Å². The maximum Gasteiger partial charge on any atom is 0.260 e. The van der Waals surface area contributed by atoms with Gasteiger partial charge in [-0.2, -0.15) is 0 Å². The Bertz CT molecular complexity index is 748. The molecule has 4 rings (SSSR count). The number of carbonyl (C=O) groups is 1. The summed E-state index contributed by atoms with van der Waals surface area (Å²) >= 11 is 0. The number of fused-ring (bicyclic) bond motifs is 1. The molecule has 0 unspecified atom stereocenters. The lowest BCUT2D eigenvalue weighted by Crippen LogP contribution is -2.57. The van der Waals surface area contributed by atoms with E-state index in [1.54, 1.807) is 11.1 Å². The van der Waals surface area contributed by atoms with Gasteiger partial charge in [0.15, 0.2) is 5.84 Å². The molecule has 0 saturated heterocycles. The van der Waals surface area contributed by atoms with Crippen molar-refractivity contribution in [3.05, 3.63) is 36.5 Å². The molecule has 1 spiro atoms. The number of aliphatic imine (C=N–C) groups is 1. The second-order valence-corrected chi connectivity index (χ2v) is 5.33. The van der Waals surface area contributed by atoms with Crippen LogP contribution in [0.5, 0.6) is 0 Å². The first kappa shape index (κ1) is 11.5. The van der Waals surface area contributed by atoms with Gasteiger partial charge in [0.05, 0.1) is 11.2 Å². The second-order valence-electron chi connectivity index (χ2n) is 5.33. The van der Waals surface area contributed by atoms with Crippen molar-refractivity contribution < 1.29 is 10.5 Å². The third kappa shape index (κ3) is 1.50. The van der Waals surface area contributed by atoms with E-state index in [-0.39, 0.29) is 5.91 Å². The number of carbonyl (C=O) groups excluding carboxylic acids is 1. The van der Waals surface area contributed by atoms with Crippen LogP contribution in [0.25, 0.3) is 10.9 Å². The number of pyridine rings is 1. The molecule has 20 heavy (non-hydrogen) atoms. The highest BCUT2D eigenvalue weighted by Crippen LogP contribution is 2.46. The third-order valence-corrected chi connectivity index (χ3v) is 4.00. The molecule has 5 heteroatoms. The minimum absolute atomic E-state index is 0.0893. The van der Waals surface area contributed by atoms with E-state index in [2.05, 4.69) is 15.7 Å². The quantitative estimate of drug-likeness (QED) is 0.872. The van der Waals surface area contributed by atoms with E-state index >= 15 is 0 Å². The zero-order valence-electron chi connectivity index (χ0n) is 11.0. The molecule has 1 aromatic heterocycles. The molecule has 1 aliphatic heterocycles. The van der Waals surface area contributed by atoms with E-state index in [0.717, 1.165) is 35.3 Å². The van der Waals surface area contributed by atoms with Crippen LogP contribution in [0.2, 0.25) is 0 Å². The van der Waals surface area contributed by atoms with Crippen molar-refractivity contribution in [2.24, 2.45) is 4.99 Å². The van der Waals surface area contributed by atoms with Crippen LogP contribution in [0.1, 0.15) is 12.8 Å². The molecular weight excluding hydrogens is 252 g/mol. The minimum atomic E-state index is -0.466. The molecule has 0 bridgehead atoms. The Balaban J connectivity index is 1.82. The highest BCUT2D eigenvalue weighted by Gasteiger charge is 2.57. The Kier molecular flexibility index (Phi) is 2.23. The Morgan fingerprint density at radius 2 is 2.15 bits per heavy atom. The van der Waals surface area contributed by atoms with E-state index < -0.39 is 5.54 Å². The summed E-state index contributed by atoms with van der Waals surface area (Å²) in [5.74, 6) is 0.856. The van der Waals surface area contributed by atoms with Gasteiger partial charge in [-0.3, -0.25) is 14.7 Å². The summed E-state index contributed by atoms with van der Waals surface area (Å²) in [7, 11) is 0. The van der Waals surface area contributed by atoms with Crippen LogP contribution in [-0.2, 0) is 4.79 Å². The van der Waals surface area contributed by atoms with E-state index in [9.17, 15) is 4.79 Å². The fourth-order valence-corrected chi connectivity index (χ4v) is 2.74. The van der Waals surface area contributed by atoms with Crippen LogP contribution in [0.4, 0.5) is 5.69 Å². The number of amidine groups is 1. The highest BCUT2D eigenvalue weighted by molar-refractivity contribution is 6.26. The Hall–Kier alpha value is -2.27. The van der Waals surface area contributed by atoms with E-state index in [4.69, 9.17) is 0 Å².